The Hall–Kier alpha value is -0.160. The van der Waals surface area contributed by atoms with Gasteiger partial charge in [0.25, 0.3) is 0 Å². The molecule has 0 amide bonds. The summed E-state index contributed by atoms with van der Waals surface area (Å²) in [5.41, 5.74) is 6.46. The number of rotatable bonds is 4. The molecule has 2 fully saturated rings. The maximum absolute atomic E-state index is 6.03. The Balaban J connectivity index is 2.06. The van der Waals surface area contributed by atoms with E-state index in [2.05, 4.69) is 18.7 Å². The highest BCUT2D eigenvalue weighted by molar-refractivity contribution is 5.01. The average molecular weight is 256 g/mol. The van der Waals surface area contributed by atoms with Gasteiger partial charge >= 0.3 is 0 Å². The van der Waals surface area contributed by atoms with Gasteiger partial charge in [0.1, 0.15) is 0 Å². The van der Waals surface area contributed by atoms with E-state index in [4.69, 9.17) is 15.2 Å². The van der Waals surface area contributed by atoms with Crippen molar-refractivity contribution in [3.63, 3.8) is 0 Å². The van der Waals surface area contributed by atoms with E-state index in [0.717, 1.165) is 26.3 Å². The second-order valence-electron chi connectivity index (χ2n) is 6.22. The lowest BCUT2D eigenvalue weighted by Crippen LogP contribution is -2.58. The third-order valence-corrected chi connectivity index (χ3v) is 5.36. The summed E-state index contributed by atoms with van der Waals surface area (Å²) < 4.78 is 11.1. The fourth-order valence-corrected chi connectivity index (χ4v) is 3.39. The van der Waals surface area contributed by atoms with Crippen LogP contribution >= 0.6 is 0 Å². The quantitative estimate of drug-likeness (QED) is 0.822. The lowest BCUT2D eigenvalue weighted by molar-refractivity contribution is -0.0349. The van der Waals surface area contributed by atoms with Crippen LogP contribution in [-0.2, 0) is 9.47 Å². The molecule has 18 heavy (non-hydrogen) atoms. The first kappa shape index (κ1) is 14.3. The third kappa shape index (κ3) is 2.44. The Morgan fingerprint density at radius 3 is 2.61 bits per heavy atom. The molecule has 0 bridgehead atoms. The van der Waals surface area contributed by atoms with Crippen LogP contribution in [0, 0.1) is 5.41 Å². The highest BCUT2D eigenvalue weighted by Gasteiger charge is 2.46. The molecule has 2 heterocycles. The van der Waals surface area contributed by atoms with E-state index in [0.29, 0.717) is 12.0 Å². The molecule has 2 unspecified atom stereocenters. The van der Waals surface area contributed by atoms with Crippen molar-refractivity contribution in [2.24, 2.45) is 11.1 Å². The zero-order chi connectivity index (χ0) is 13.2. The van der Waals surface area contributed by atoms with E-state index in [-0.39, 0.29) is 11.6 Å². The van der Waals surface area contributed by atoms with E-state index in [1.165, 1.54) is 19.3 Å². The van der Waals surface area contributed by atoms with Crippen molar-refractivity contribution in [3.8, 4) is 0 Å². The van der Waals surface area contributed by atoms with Crippen LogP contribution in [-0.4, -0.2) is 56.5 Å². The molecule has 1 spiro atoms. The normalized spacial score (nSPS) is 29.3. The van der Waals surface area contributed by atoms with E-state index in [1.807, 2.05) is 0 Å². The molecule has 0 aliphatic carbocycles. The van der Waals surface area contributed by atoms with Crippen LogP contribution in [0.3, 0.4) is 0 Å². The predicted octanol–water partition coefficient (Wildman–Crippen LogP) is 1.24. The second kappa shape index (κ2) is 5.45. The first-order valence-corrected chi connectivity index (χ1v) is 7.12. The summed E-state index contributed by atoms with van der Waals surface area (Å²) in [4.78, 5) is 2.55. The number of hydrogen-bond acceptors (Lipinski definition) is 4. The van der Waals surface area contributed by atoms with Crippen LogP contribution < -0.4 is 5.73 Å². The molecule has 0 aromatic rings. The molecule has 0 radical (unpaired) electrons. The van der Waals surface area contributed by atoms with E-state index < -0.39 is 0 Å². The van der Waals surface area contributed by atoms with Crippen molar-refractivity contribution in [3.05, 3.63) is 0 Å². The molecule has 0 aromatic carbocycles. The van der Waals surface area contributed by atoms with Gasteiger partial charge in [-0.15, -0.1) is 0 Å². The average Bonchev–Trinajstić information content (AvgIpc) is 2.82. The van der Waals surface area contributed by atoms with Gasteiger partial charge in [0.15, 0.2) is 0 Å². The monoisotopic (exact) mass is 256 g/mol. The van der Waals surface area contributed by atoms with E-state index in [9.17, 15) is 0 Å². The Kier molecular flexibility index (Phi) is 4.32. The van der Waals surface area contributed by atoms with Crippen molar-refractivity contribution in [1.82, 2.24) is 4.90 Å². The smallest absolute Gasteiger partial charge is 0.0736 e. The molecule has 2 rings (SSSR count). The van der Waals surface area contributed by atoms with E-state index >= 15 is 0 Å². The van der Waals surface area contributed by atoms with Gasteiger partial charge in [0.05, 0.1) is 11.6 Å². The van der Waals surface area contributed by atoms with Crippen LogP contribution in [0.1, 0.15) is 33.1 Å². The highest BCUT2D eigenvalue weighted by Crippen LogP contribution is 2.42. The second-order valence-corrected chi connectivity index (χ2v) is 6.22. The number of ether oxygens (including phenoxy) is 2. The van der Waals surface area contributed by atoms with Crippen molar-refractivity contribution in [2.45, 2.75) is 44.8 Å². The van der Waals surface area contributed by atoms with Crippen molar-refractivity contribution >= 4 is 0 Å². The van der Waals surface area contributed by atoms with Gasteiger partial charge in [0.2, 0.25) is 0 Å². The number of hydrogen-bond donors (Lipinski definition) is 1. The Bertz CT molecular complexity index is 279. The molecule has 0 saturated carbocycles. The SMILES string of the molecule is COC(C)C(C)(CN)N1CCC2(CCOCC2)C1. The molecule has 4 nitrogen and oxygen atoms in total. The topological polar surface area (TPSA) is 47.7 Å². The molecule has 2 atom stereocenters. The first-order valence-electron chi connectivity index (χ1n) is 7.12. The molecule has 2 aliphatic rings. The zero-order valence-corrected chi connectivity index (χ0v) is 12.1. The van der Waals surface area contributed by atoms with Crippen LogP contribution in [0.15, 0.2) is 0 Å². The van der Waals surface area contributed by atoms with Gasteiger partial charge in [-0.05, 0) is 45.1 Å². The summed E-state index contributed by atoms with van der Waals surface area (Å²) >= 11 is 0. The van der Waals surface area contributed by atoms with Crippen LogP contribution in [0.4, 0.5) is 0 Å². The van der Waals surface area contributed by atoms with Crippen LogP contribution in [0.2, 0.25) is 0 Å². The molecule has 2 aliphatic heterocycles. The summed E-state index contributed by atoms with van der Waals surface area (Å²) in [6.07, 6.45) is 3.84. The number of nitrogens with two attached hydrogens (primary N) is 1. The number of likely N-dealkylation sites (tertiary alicyclic amines) is 1. The first-order chi connectivity index (χ1) is 8.56. The van der Waals surface area contributed by atoms with E-state index in [1.54, 1.807) is 7.11 Å². The fraction of sp³-hybridized carbons (Fsp3) is 1.00. The Morgan fingerprint density at radius 1 is 1.39 bits per heavy atom. The summed E-state index contributed by atoms with van der Waals surface area (Å²) in [5, 5.41) is 0. The highest BCUT2D eigenvalue weighted by atomic mass is 16.5. The maximum Gasteiger partial charge on any atom is 0.0736 e. The molecular weight excluding hydrogens is 228 g/mol. The summed E-state index contributed by atoms with van der Waals surface area (Å²) in [6, 6.07) is 0. The van der Waals surface area contributed by atoms with Crippen molar-refractivity contribution < 1.29 is 9.47 Å². The predicted molar refractivity (Wildman–Crippen MR) is 72.6 cm³/mol. The number of nitrogens with zero attached hydrogens (tertiary/aromatic N) is 1. The Labute approximate surface area is 111 Å². The zero-order valence-electron chi connectivity index (χ0n) is 12.1. The minimum atomic E-state index is -0.0451. The molecule has 2 saturated heterocycles. The maximum atomic E-state index is 6.03. The lowest BCUT2D eigenvalue weighted by Gasteiger charge is -2.43. The standard InChI is InChI=1S/C14H28N2O2/c1-12(17-3)13(2,10-15)16-7-4-14(11-16)5-8-18-9-6-14/h12H,4-11,15H2,1-3H3. The lowest BCUT2D eigenvalue weighted by atomic mass is 9.79. The molecule has 106 valence electrons. The largest absolute Gasteiger partial charge is 0.381 e. The fourth-order valence-electron chi connectivity index (χ4n) is 3.39. The van der Waals surface area contributed by atoms with Crippen LogP contribution in [0.5, 0.6) is 0 Å². The van der Waals surface area contributed by atoms with Crippen molar-refractivity contribution in [1.29, 1.82) is 0 Å². The number of methoxy groups -OCH3 is 1. The minimum absolute atomic E-state index is 0.0451. The van der Waals surface area contributed by atoms with Gasteiger partial charge in [-0.25, -0.2) is 0 Å². The third-order valence-electron chi connectivity index (χ3n) is 5.36. The summed E-state index contributed by atoms with van der Waals surface area (Å²) in [7, 11) is 1.78. The molecule has 0 aromatic heterocycles. The summed E-state index contributed by atoms with van der Waals surface area (Å²) in [6.45, 7) is 9.15. The Morgan fingerprint density at radius 2 is 2.06 bits per heavy atom. The minimum Gasteiger partial charge on any atom is -0.381 e. The van der Waals surface area contributed by atoms with Crippen LogP contribution in [0.25, 0.3) is 0 Å². The molecule has 2 N–H and O–H groups in total. The van der Waals surface area contributed by atoms with Gasteiger partial charge in [-0.1, -0.05) is 0 Å². The molecular formula is C14H28N2O2. The van der Waals surface area contributed by atoms with Gasteiger partial charge < -0.3 is 15.2 Å². The van der Waals surface area contributed by atoms with Gasteiger partial charge in [-0.3, -0.25) is 4.90 Å². The molecule has 4 heteroatoms. The summed E-state index contributed by atoms with van der Waals surface area (Å²) in [5.74, 6) is 0. The van der Waals surface area contributed by atoms with Gasteiger partial charge in [-0.2, -0.15) is 0 Å². The van der Waals surface area contributed by atoms with Gasteiger partial charge in [0, 0.05) is 33.4 Å². The van der Waals surface area contributed by atoms with Crippen molar-refractivity contribution in [2.75, 3.05) is 40.0 Å².